The SMILES string of the molecule is C[C@]12CCCC=C1CC[C@@H]1[C@@H]2[C@H](O)C[C@]2(C)C(=O)[C@H](F)C[C@@H]12. The molecule has 22 heavy (non-hydrogen) atoms. The molecule has 3 heteroatoms. The van der Waals surface area contributed by atoms with Gasteiger partial charge < -0.3 is 5.11 Å². The Balaban J connectivity index is 1.75. The van der Waals surface area contributed by atoms with Crippen LogP contribution in [0.5, 0.6) is 0 Å². The molecule has 4 aliphatic carbocycles. The van der Waals surface area contributed by atoms with Crippen molar-refractivity contribution in [2.24, 2.45) is 28.6 Å². The first-order chi connectivity index (χ1) is 10.4. The maximum absolute atomic E-state index is 14.1. The Morgan fingerprint density at radius 1 is 1.32 bits per heavy atom. The van der Waals surface area contributed by atoms with Gasteiger partial charge in [-0.1, -0.05) is 25.5 Å². The number of hydrogen-bond acceptors (Lipinski definition) is 2. The lowest BCUT2D eigenvalue weighted by atomic mass is 9.46. The van der Waals surface area contributed by atoms with Gasteiger partial charge in [-0.2, -0.15) is 0 Å². The van der Waals surface area contributed by atoms with E-state index in [1.165, 1.54) is 12.0 Å². The summed E-state index contributed by atoms with van der Waals surface area (Å²) in [5.74, 6) is 0.400. The summed E-state index contributed by atoms with van der Waals surface area (Å²) in [5, 5.41) is 10.9. The number of ketones is 1. The first kappa shape index (κ1) is 14.9. The molecular formula is C19H27FO2. The van der Waals surface area contributed by atoms with Crippen molar-refractivity contribution in [2.45, 2.75) is 71.1 Å². The average Bonchev–Trinajstić information content (AvgIpc) is 2.70. The van der Waals surface area contributed by atoms with Crippen LogP contribution in [0.1, 0.15) is 58.8 Å². The number of rotatable bonds is 0. The van der Waals surface area contributed by atoms with Gasteiger partial charge in [-0.25, -0.2) is 4.39 Å². The van der Waals surface area contributed by atoms with Gasteiger partial charge in [0.05, 0.1) is 6.10 Å². The molecule has 7 atom stereocenters. The standard InChI is InChI=1S/C19H27FO2/c1-18-8-4-3-5-11(18)6-7-12-13-9-14(20)17(22)19(13,2)10-15(21)16(12)18/h5,12-16,21H,3-4,6-10H2,1-2H3/t12-,13-,14+,15+,16+,18-,19-/m0/s1. The van der Waals surface area contributed by atoms with Gasteiger partial charge in [-0.3, -0.25) is 4.79 Å². The van der Waals surface area contributed by atoms with E-state index in [2.05, 4.69) is 13.0 Å². The molecule has 0 aromatic heterocycles. The Labute approximate surface area is 132 Å². The lowest BCUT2D eigenvalue weighted by Crippen LogP contribution is -2.56. The molecule has 0 heterocycles. The molecule has 122 valence electrons. The van der Waals surface area contributed by atoms with Crippen LogP contribution in [0.4, 0.5) is 4.39 Å². The second-order valence-corrected chi connectivity index (χ2v) is 8.63. The fourth-order valence-corrected chi connectivity index (χ4v) is 6.63. The number of allylic oxidation sites excluding steroid dienone is 2. The van der Waals surface area contributed by atoms with E-state index in [0.29, 0.717) is 18.8 Å². The molecule has 4 rings (SSSR count). The zero-order valence-corrected chi connectivity index (χ0v) is 13.6. The molecule has 0 unspecified atom stereocenters. The third kappa shape index (κ3) is 1.72. The zero-order valence-electron chi connectivity index (χ0n) is 13.6. The van der Waals surface area contributed by atoms with Gasteiger partial charge in [-0.15, -0.1) is 0 Å². The molecule has 3 saturated carbocycles. The number of carbonyl (C=O) groups is 1. The average molecular weight is 306 g/mol. The second kappa shape index (κ2) is 4.66. The van der Waals surface area contributed by atoms with Crippen molar-refractivity contribution in [1.82, 2.24) is 0 Å². The van der Waals surface area contributed by atoms with Crippen molar-refractivity contribution in [1.29, 1.82) is 0 Å². The summed E-state index contributed by atoms with van der Waals surface area (Å²) < 4.78 is 14.1. The number of halogens is 1. The minimum absolute atomic E-state index is 0.0688. The Hall–Kier alpha value is -0.700. The van der Waals surface area contributed by atoms with Gasteiger partial charge in [0.1, 0.15) is 0 Å². The Kier molecular flexibility index (Phi) is 3.15. The quantitative estimate of drug-likeness (QED) is 0.691. The molecule has 2 nitrogen and oxygen atoms in total. The van der Waals surface area contributed by atoms with E-state index >= 15 is 0 Å². The highest BCUT2D eigenvalue weighted by Gasteiger charge is 2.64. The minimum Gasteiger partial charge on any atom is -0.393 e. The maximum Gasteiger partial charge on any atom is 0.173 e. The number of aliphatic hydroxyl groups excluding tert-OH is 1. The Morgan fingerprint density at radius 2 is 2.09 bits per heavy atom. The number of Topliss-reactive ketones (excluding diaryl/α,β-unsaturated/α-hetero) is 1. The van der Waals surface area contributed by atoms with Crippen molar-refractivity contribution in [3.63, 3.8) is 0 Å². The number of hydrogen-bond donors (Lipinski definition) is 1. The van der Waals surface area contributed by atoms with E-state index in [1.807, 2.05) is 6.92 Å². The molecule has 0 saturated heterocycles. The van der Waals surface area contributed by atoms with E-state index in [-0.39, 0.29) is 23.0 Å². The van der Waals surface area contributed by atoms with Crippen LogP contribution >= 0.6 is 0 Å². The molecule has 0 aromatic rings. The minimum atomic E-state index is -1.31. The lowest BCUT2D eigenvalue weighted by Gasteiger charge is -2.58. The molecule has 0 amide bonds. The maximum atomic E-state index is 14.1. The van der Waals surface area contributed by atoms with Crippen molar-refractivity contribution >= 4 is 5.78 Å². The summed E-state index contributed by atoms with van der Waals surface area (Å²) in [7, 11) is 0. The highest BCUT2D eigenvalue weighted by molar-refractivity contribution is 5.91. The van der Waals surface area contributed by atoms with Crippen molar-refractivity contribution in [2.75, 3.05) is 0 Å². The van der Waals surface area contributed by atoms with Gasteiger partial charge in [0.25, 0.3) is 0 Å². The monoisotopic (exact) mass is 306 g/mol. The molecular weight excluding hydrogens is 279 g/mol. The third-order valence-electron chi connectivity index (χ3n) is 7.66. The van der Waals surface area contributed by atoms with Gasteiger partial charge in [0.2, 0.25) is 0 Å². The highest BCUT2D eigenvalue weighted by atomic mass is 19.1. The van der Waals surface area contributed by atoms with Crippen LogP contribution < -0.4 is 0 Å². The predicted octanol–water partition coefficient (Wildman–Crippen LogP) is 3.83. The zero-order chi connectivity index (χ0) is 15.7. The lowest BCUT2D eigenvalue weighted by molar-refractivity contribution is -0.147. The number of fused-ring (bicyclic) bond motifs is 5. The third-order valence-corrected chi connectivity index (χ3v) is 7.66. The van der Waals surface area contributed by atoms with E-state index in [9.17, 15) is 14.3 Å². The summed E-state index contributed by atoms with van der Waals surface area (Å²) >= 11 is 0. The molecule has 0 bridgehead atoms. The largest absolute Gasteiger partial charge is 0.393 e. The van der Waals surface area contributed by atoms with Gasteiger partial charge in [-0.05, 0) is 68.1 Å². The number of alkyl halides is 1. The molecule has 4 aliphatic rings. The fourth-order valence-electron chi connectivity index (χ4n) is 6.63. The van der Waals surface area contributed by atoms with E-state index < -0.39 is 17.7 Å². The fraction of sp³-hybridized carbons (Fsp3) is 0.842. The van der Waals surface area contributed by atoms with Gasteiger partial charge in [0.15, 0.2) is 12.0 Å². The summed E-state index contributed by atoms with van der Waals surface area (Å²) in [6, 6.07) is 0. The summed E-state index contributed by atoms with van der Waals surface area (Å²) in [5.41, 5.74) is 0.954. The van der Waals surface area contributed by atoms with Crippen LogP contribution in [0.2, 0.25) is 0 Å². The summed E-state index contributed by atoms with van der Waals surface area (Å²) in [4.78, 5) is 12.3. The Bertz CT molecular complexity index is 542. The van der Waals surface area contributed by atoms with Crippen LogP contribution in [0.3, 0.4) is 0 Å². The highest BCUT2D eigenvalue weighted by Crippen LogP contribution is 2.64. The molecule has 0 aliphatic heterocycles. The second-order valence-electron chi connectivity index (χ2n) is 8.63. The van der Waals surface area contributed by atoms with Crippen LogP contribution in [0.25, 0.3) is 0 Å². The van der Waals surface area contributed by atoms with Gasteiger partial charge >= 0.3 is 0 Å². The summed E-state index contributed by atoms with van der Waals surface area (Å²) in [6.45, 7) is 4.22. The first-order valence-corrected chi connectivity index (χ1v) is 8.94. The Morgan fingerprint density at radius 3 is 2.86 bits per heavy atom. The van der Waals surface area contributed by atoms with Crippen LogP contribution in [0, 0.1) is 28.6 Å². The van der Waals surface area contributed by atoms with Crippen molar-refractivity contribution in [3.05, 3.63) is 11.6 Å². The summed E-state index contributed by atoms with van der Waals surface area (Å²) in [6.07, 6.45) is 7.02. The number of carbonyl (C=O) groups excluding carboxylic acids is 1. The van der Waals surface area contributed by atoms with Crippen LogP contribution in [-0.2, 0) is 4.79 Å². The van der Waals surface area contributed by atoms with Crippen LogP contribution in [0.15, 0.2) is 11.6 Å². The van der Waals surface area contributed by atoms with Crippen molar-refractivity contribution in [3.8, 4) is 0 Å². The first-order valence-electron chi connectivity index (χ1n) is 8.94. The topological polar surface area (TPSA) is 37.3 Å². The van der Waals surface area contributed by atoms with Crippen LogP contribution in [-0.4, -0.2) is 23.2 Å². The molecule has 0 aromatic carbocycles. The van der Waals surface area contributed by atoms with E-state index in [4.69, 9.17) is 0 Å². The molecule has 0 spiro atoms. The normalized spacial score (nSPS) is 54.3. The van der Waals surface area contributed by atoms with Crippen molar-refractivity contribution < 1.29 is 14.3 Å². The smallest absolute Gasteiger partial charge is 0.173 e. The van der Waals surface area contributed by atoms with E-state index in [0.717, 1.165) is 25.7 Å². The molecule has 0 radical (unpaired) electrons. The predicted molar refractivity (Wildman–Crippen MR) is 83.0 cm³/mol. The van der Waals surface area contributed by atoms with E-state index in [1.54, 1.807) is 0 Å². The van der Waals surface area contributed by atoms with Gasteiger partial charge in [0, 0.05) is 5.41 Å². The molecule has 3 fully saturated rings. The molecule has 1 N–H and O–H groups in total. The number of aliphatic hydroxyl groups is 1.